The minimum atomic E-state index is -4.53. The molecule has 0 aliphatic heterocycles. The van der Waals surface area contributed by atoms with Crippen LogP contribution in [0.4, 0.5) is 13.2 Å². The Morgan fingerprint density at radius 3 is 2.02 bits per heavy atom. The Balaban J connectivity index is 1.48. The Kier molecular flexibility index (Phi) is 12.1. The second-order valence-corrected chi connectivity index (χ2v) is 11.9. The summed E-state index contributed by atoms with van der Waals surface area (Å²) in [5, 5.41) is 1.08. The summed E-state index contributed by atoms with van der Waals surface area (Å²) >= 11 is 12.4. The van der Waals surface area contributed by atoms with Gasteiger partial charge in [0.25, 0.3) is 0 Å². The number of halogens is 5. The number of rotatable bonds is 15. The summed E-state index contributed by atoms with van der Waals surface area (Å²) in [4.78, 5) is 17.8. The molecule has 4 aromatic carbocycles. The van der Waals surface area contributed by atoms with Gasteiger partial charge >= 0.3 is 6.18 Å². The van der Waals surface area contributed by atoms with E-state index in [0.717, 1.165) is 28.8 Å². The quantitative estimate of drug-likeness (QED) is 0.0873. The predicted octanol–water partition coefficient (Wildman–Crippen LogP) is 9.21. The monoisotopic (exact) mass is 695 g/mol. The summed E-state index contributed by atoms with van der Waals surface area (Å²) < 4.78 is 54.1. The van der Waals surface area contributed by atoms with Crippen LogP contribution in [0.3, 0.4) is 0 Å². The molecule has 5 rings (SSSR count). The molecule has 0 aliphatic rings. The molecule has 1 heterocycles. The molecule has 0 bridgehead atoms. The molecule has 48 heavy (non-hydrogen) atoms. The van der Waals surface area contributed by atoms with Gasteiger partial charge in [0.05, 0.1) is 36.8 Å². The van der Waals surface area contributed by atoms with Gasteiger partial charge in [0, 0.05) is 58.4 Å². The van der Waals surface area contributed by atoms with E-state index in [4.69, 9.17) is 43.4 Å². The average molecular weight is 697 g/mol. The van der Waals surface area contributed by atoms with Crippen molar-refractivity contribution in [1.82, 2.24) is 9.55 Å². The largest absolute Gasteiger partial charge is 0.416 e. The van der Waals surface area contributed by atoms with Gasteiger partial charge in [-0.2, -0.15) is 13.2 Å². The van der Waals surface area contributed by atoms with Crippen molar-refractivity contribution in [3.63, 3.8) is 0 Å². The third kappa shape index (κ3) is 9.12. The first kappa shape index (κ1) is 35.3. The molecule has 0 spiro atoms. The molecular weight excluding hydrogens is 662 g/mol. The Morgan fingerprint density at radius 1 is 0.771 bits per heavy atom. The Morgan fingerprint density at radius 2 is 1.40 bits per heavy atom. The number of imidazole rings is 1. The van der Waals surface area contributed by atoms with Gasteiger partial charge in [-0.3, -0.25) is 4.79 Å². The van der Waals surface area contributed by atoms with Gasteiger partial charge in [0.2, 0.25) is 0 Å². The van der Waals surface area contributed by atoms with Crippen molar-refractivity contribution in [2.45, 2.75) is 25.6 Å². The third-order valence-corrected chi connectivity index (χ3v) is 8.10. The lowest BCUT2D eigenvalue weighted by molar-refractivity contribution is -0.137. The van der Waals surface area contributed by atoms with Crippen LogP contribution >= 0.6 is 23.2 Å². The van der Waals surface area contributed by atoms with Crippen LogP contribution in [-0.2, 0) is 22.2 Å². The maximum absolute atomic E-state index is 13.8. The highest BCUT2D eigenvalue weighted by atomic mass is 35.5. The van der Waals surface area contributed by atoms with Crippen LogP contribution in [0.2, 0.25) is 10.0 Å². The molecule has 0 saturated carbocycles. The Hall–Kier alpha value is -3.99. The molecule has 0 unspecified atom stereocenters. The minimum Gasteiger partial charge on any atom is -0.379 e. The van der Waals surface area contributed by atoms with Crippen molar-refractivity contribution in [2.75, 3.05) is 33.0 Å². The summed E-state index contributed by atoms with van der Waals surface area (Å²) in [5.74, 6) is 0.341. The Labute approximate surface area is 287 Å². The van der Waals surface area contributed by atoms with E-state index in [1.165, 1.54) is 6.07 Å². The fraction of sp³-hybridized carbons (Fsp3) is 0.243. The molecule has 0 amide bonds. The summed E-state index contributed by atoms with van der Waals surface area (Å²) in [7, 11) is 0. The van der Waals surface area contributed by atoms with Gasteiger partial charge in [-0.1, -0.05) is 83.9 Å². The summed E-state index contributed by atoms with van der Waals surface area (Å²) in [6.07, 6.45) is -3.63. The van der Waals surface area contributed by atoms with Crippen molar-refractivity contribution in [3.8, 4) is 33.9 Å². The molecule has 0 atom stereocenters. The molecule has 0 aliphatic carbocycles. The summed E-state index contributed by atoms with van der Waals surface area (Å²) in [6.45, 7) is 2.55. The van der Waals surface area contributed by atoms with Crippen LogP contribution < -0.4 is 5.73 Å². The van der Waals surface area contributed by atoms with E-state index in [1.54, 1.807) is 42.5 Å². The molecule has 0 saturated heterocycles. The zero-order valence-electron chi connectivity index (χ0n) is 26.0. The molecule has 0 radical (unpaired) electrons. The SMILES string of the molecule is NCCOCCOCCCC(=O)c1ccc(Cn2c(-c3cccc(C(F)(F)F)c3)nc(-c3ccc(Cl)cc3)c2-c2ccc(Cl)cc2)cc1. The van der Waals surface area contributed by atoms with E-state index < -0.39 is 11.7 Å². The minimum absolute atomic E-state index is 0.0105. The van der Waals surface area contributed by atoms with E-state index in [2.05, 4.69) is 0 Å². The number of ether oxygens (including phenoxy) is 2. The van der Waals surface area contributed by atoms with Crippen molar-refractivity contribution < 1.29 is 27.4 Å². The smallest absolute Gasteiger partial charge is 0.379 e. The van der Waals surface area contributed by atoms with Gasteiger partial charge in [-0.25, -0.2) is 4.98 Å². The van der Waals surface area contributed by atoms with Gasteiger partial charge in [-0.15, -0.1) is 0 Å². The number of carbonyl (C=O) groups is 1. The van der Waals surface area contributed by atoms with Gasteiger partial charge < -0.3 is 19.8 Å². The van der Waals surface area contributed by atoms with E-state index >= 15 is 0 Å². The lowest BCUT2D eigenvalue weighted by Gasteiger charge is -2.15. The highest BCUT2D eigenvalue weighted by molar-refractivity contribution is 6.31. The number of hydrogen-bond donors (Lipinski definition) is 1. The highest BCUT2D eigenvalue weighted by Crippen LogP contribution is 2.39. The number of benzene rings is 4. The van der Waals surface area contributed by atoms with Crippen molar-refractivity contribution in [2.24, 2.45) is 5.73 Å². The first-order valence-corrected chi connectivity index (χ1v) is 16.2. The number of alkyl halides is 3. The molecular formula is C37H34Cl2F3N3O3. The van der Waals surface area contributed by atoms with Gasteiger partial charge in [0.15, 0.2) is 5.78 Å². The van der Waals surface area contributed by atoms with E-state index in [9.17, 15) is 18.0 Å². The number of nitrogens with two attached hydrogens (primary N) is 1. The number of hydrogen-bond acceptors (Lipinski definition) is 5. The molecule has 5 aromatic rings. The van der Waals surface area contributed by atoms with Crippen molar-refractivity contribution >= 4 is 29.0 Å². The van der Waals surface area contributed by atoms with Crippen LogP contribution in [0.1, 0.15) is 34.3 Å². The topological polar surface area (TPSA) is 79.4 Å². The standard InChI is InChI=1S/C37H34Cl2F3N3O3/c38-31-14-10-27(11-15-31)34-35(28-12-16-32(39)17-13-28)45(36(44-34)29-3-1-4-30(23-29)37(40,41)42)24-25-6-8-26(9-7-25)33(46)5-2-19-47-21-22-48-20-18-43/h1,3-4,6-17,23H,2,5,18-22,24,43H2. The van der Waals surface area contributed by atoms with E-state index in [0.29, 0.717) is 84.2 Å². The lowest BCUT2D eigenvalue weighted by Crippen LogP contribution is -2.12. The molecule has 11 heteroatoms. The lowest BCUT2D eigenvalue weighted by atomic mass is 10.0. The first-order chi connectivity index (χ1) is 23.1. The zero-order valence-corrected chi connectivity index (χ0v) is 27.5. The number of nitrogens with zero attached hydrogens (tertiary/aromatic N) is 2. The number of carbonyl (C=O) groups excluding carboxylic acids is 1. The highest BCUT2D eigenvalue weighted by Gasteiger charge is 2.31. The fourth-order valence-corrected chi connectivity index (χ4v) is 5.49. The van der Waals surface area contributed by atoms with Crippen LogP contribution in [0.5, 0.6) is 0 Å². The molecule has 6 nitrogen and oxygen atoms in total. The normalized spacial score (nSPS) is 11.6. The number of aromatic nitrogens is 2. The average Bonchev–Trinajstić information content (AvgIpc) is 3.45. The summed E-state index contributed by atoms with van der Waals surface area (Å²) in [6, 6.07) is 26.7. The molecule has 0 fully saturated rings. The summed E-state index contributed by atoms with van der Waals surface area (Å²) in [5.41, 5.74) is 9.09. The second kappa shape index (κ2) is 16.4. The number of Topliss-reactive ketones (excluding diaryl/α,β-unsaturated/α-hetero) is 1. The van der Waals surface area contributed by atoms with E-state index in [1.807, 2.05) is 41.0 Å². The predicted molar refractivity (Wildman–Crippen MR) is 183 cm³/mol. The van der Waals surface area contributed by atoms with Crippen molar-refractivity contribution in [3.05, 3.63) is 124 Å². The maximum Gasteiger partial charge on any atom is 0.416 e. The van der Waals surface area contributed by atoms with Gasteiger partial charge in [0.1, 0.15) is 5.82 Å². The first-order valence-electron chi connectivity index (χ1n) is 15.4. The maximum atomic E-state index is 13.8. The molecule has 2 N–H and O–H groups in total. The molecule has 1 aromatic heterocycles. The third-order valence-electron chi connectivity index (χ3n) is 7.59. The Bertz CT molecular complexity index is 1810. The van der Waals surface area contributed by atoms with Crippen LogP contribution in [0.15, 0.2) is 97.1 Å². The zero-order chi connectivity index (χ0) is 34.1. The molecule has 250 valence electrons. The van der Waals surface area contributed by atoms with Gasteiger partial charge in [-0.05, 0) is 48.4 Å². The van der Waals surface area contributed by atoms with Crippen LogP contribution in [0.25, 0.3) is 33.9 Å². The van der Waals surface area contributed by atoms with Crippen LogP contribution in [-0.4, -0.2) is 48.3 Å². The second-order valence-electron chi connectivity index (χ2n) is 11.0. The van der Waals surface area contributed by atoms with Crippen LogP contribution in [0, 0.1) is 0 Å². The van der Waals surface area contributed by atoms with E-state index in [-0.39, 0.29) is 12.3 Å². The number of ketones is 1. The fourth-order valence-electron chi connectivity index (χ4n) is 5.23. The van der Waals surface area contributed by atoms with Crippen molar-refractivity contribution in [1.29, 1.82) is 0 Å².